The fourth-order valence-corrected chi connectivity index (χ4v) is 0.922. The van der Waals surface area contributed by atoms with Gasteiger partial charge in [-0.3, -0.25) is 4.98 Å². The van der Waals surface area contributed by atoms with Gasteiger partial charge in [0, 0.05) is 0 Å². The normalized spacial score (nSPS) is 9.50. The molecule has 0 aliphatic heterocycles. The Morgan fingerprint density at radius 1 is 1.50 bits per heavy atom. The van der Waals surface area contributed by atoms with Gasteiger partial charge in [-0.05, 0) is 6.92 Å². The van der Waals surface area contributed by atoms with Crippen molar-refractivity contribution in [1.29, 1.82) is 0 Å². The lowest BCUT2D eigenvalue weighted by molar-refractivity contribution is 0.310. The van der Waals surface area contributed by atoms with E-state index in [2.05, 4.69) is 4.98 Å². The topological polar surface area (TPSA) is 57.4 Å². The number of aromatic nitrogens is 1. The van der Waals surface area contributed by atoms with Gasteiger partial charge in [0.25, 0.3) is 0 Å². The fraction of sp³-hybridized carbons (Fsp3) is 0.375. The second-order valence-electron chi connectivity index (χ2n) is 2.19. The first-order valence-corrected chi connectivity index (χ1v) is 3.69. The van der Waals surface area contributed by atoms with Gasteiger partial charge in [-0.15, -0.1) is 0 Å². The first kappa shape index (κ1) is 8.64. The molecule has 0 saturated carbocycles. The second-order valence-corrected chi connectivity index (χ2v) is 2.19. The molecule has 0 bridgehead atoms. The van der Waals surface area contributed by atoms with Gasteiger partial charge >= 0.3 is 0 Å². The smallest absolute Gasteiger partial charge is 0.187 e. The van der Waals surface area contributed by atoms with Crippen LogP contribution in [0.25, 0.3) is 0 Å². The van der Waals surface area contributed by atoms with E-state index in [1.807, 2.05) is 6.92 Å². The van der Waals surface area contributed by atoms with Gasteiger partial charge in [0.1, 0.15) is 0 Å². The van der Waals surface area contributed by atoms with E-state index in [4.69, 9.17) is 15.2 Å². The molecule has 4 nitrogen and oxygen atoms in total. The number of nitrogens with zero attached hydrogens (tertiary/aromatic N) is 1. The lowest BCUT2D eigenvalue weighted by atomic mass is 10.3. The summed E-state index contributed by atoms with van der Waals surface area (Å²) in [6, 6.07) is 0. The molecule has 0 aromatic carbocycles. The highest BCUT2D eigenvalue weighted by molar-refractivity contribution is 5.57. The van der Waals surface area contributed by atoms with Crippen molar-refractivity contribution in [1.82, 2.24) is 4.98 Å². The predicted molar refractivity (Wildman–Crippen MR) is 46.4 cm³/mol. The van der Waals surface area contributed by atoms with Crippen LogP contribution in [0.3, 0.4) is 0 Å². The highest BCUT2D eigenvalue weighted by Gasteiger charge is 2.06. The van der Waals surface area contributed by atoms with Crippen molar-refractivity contribution in [2.24, 2.45) is 0 Å². The Hall–Kier alpha value is -1.45. The highest BCUT2D eigenvalue weighted by atomic mass is 16.5. The van der Waals surface area contributed by atoms with E-state index in [0.717, 1.165) is 0 Å². The summed E-state index contributed by atoms with van der Waals surface area (Å²) < 4.78 is 10.3. The zero-order chi connectivity index (χ0) is 8.97. The number of hydrogen-bond acceptors (Lipinski definition) is 4. The average Bonchev–Trinajstić information content (AvgIpc) is 2.05. The highest BCUT2D eigenvalue weighted by Crippen LogP contribution is 2.31. The number of nitrogen functional groups attached to an aromatic ring is 1. The van der Waals surface area contributed by atoms with Gasteiger partial charge < -0.3 is 15.2 Å². The Kier molecular flexibility index (Phi) is 2.74. The molecule has 1 heterocycles. The molecule has 1 rings (SSSR count). The molecule has 1 aromatic heterocycles. The van der Waals surface area contributed by atoms with E-state index in [-0.39, 0.29) is 0 Å². The monoisotopic (exact) mass is 168 g/mol. The zero-order valence-electron chi connectivity index (χ0n) is 7.20. The van der Waals surface area contributed by atoms with Crippen molar-refractivity contribution in [3.8, 4) is 11.5 Å². The van der Waals surface area contributed by atoms with Crippen LogP contribution >= 0.6 is 0 Å². The summed E-state index contributed by atoms with van der Waals surface area (Å²) in [5.74, 6) is 1.13. The Morgan fingerprint density at radius 3 is 2.83 bits per heavy atom. The van der Waals surface area contributed by atoms with Crippen LogP contribution in [0, 0.1) is 0 Å². The Bertz CT molecular complexity index is 263. The molecule has 0 aliphatic carbocycles. The molecule has 0 saturated heterocycles. The van der Waals surface area contributed by atoms with E-state index in [1.165, 1.54) is 6.20 Å². The molecule has 2 N–H and O–H groups in total. The third kappa shape index (κ3) is 1.58. The zero-order valence-corrected chi connectivity index (χ0v) is 7.20. The minimum atomic E-state index is 0.489. The number of anilines is 1. The van der Waals surface area contributed by atoms with Crippen molar-refractivity contribution in [2.75, 3.05) is 19.5 Å². The van der Waals surface area contributed by atoms with Crippen molar-refractivity contribution >= 4 is 5.69 Å². The van der Waals surface area contributed by atoms with Crippen LogP contribution < -0.4 is 15.2 Å². The summed E-state index contributed by atoms with van der Waals surface area (Å²) in [6.45, 7) is 2.46. The number of methoxy groups -OCH3 is 1. The maximum absolute atomic E-state index is 5.59. The summed E-state index contributed by atoms with van der Waals surface area (Å²) >= 11 is 0. The van der Waals surface area contributed by atoms with E-state index in [1.54, 1.807) is 13.3 Å². The van der Waals surface area contributed by atoms with E-state index >= 15 is 0 Å². The van der Waals surface area contributed by atoms with Gasteiger partial charge in [0.05, 0.1) is 31.8 Å². The third-order valence-electron chi connectivity index (χ3n) is 1.40. The molecule has 0 spiro atoms. The molecule has 66 valence electrons. The van der Waals surface area contributed by atoms with Crippen molar-refractivity contribution in [3.05, 3.63) is 12.4 Å². The summed E-state index contributed by atoms with van der Waals surface area (Å²) in [5.41, 5.74) is 6.08. The van der Waals surface area contributed by atoms with Crippen molar-refractivity contribution in [3.63, 3.8) is 0 Å². The van der Waals surface area contributed by atoms with Crippen LogP contribution in [-0.2, 0) is 0 Å². The van der Waals surface area contributed by atoms with Gasteiger partial charge in [0.2, 0.25) is 0 Å². The second kappa shape index (κ2) is 3.80. The molecule has 0 radical (unpaired) electrons. The molecule has 0 fully saturated rings. The van der Waals surface area contributed by atoms with Gasteiger partial charge in [-0.1, -0.05) is 0 Å². The number of rotatable bonds is 3. The molecule has 4 heteroatoms. The number of pyridine rings is 1. The van der Waals surface area contributed by atoms with E-state index < -0.39 is 0 Å². The molecule has 0 aliphatic rings. The Balaban J connectivity index is 3.00. The Morgan fingerprint density at radius 2 is 2.25 bits per heavy atom. The molecular weight excluding hydrogens is 156 g/mol. The van der Waals surface area contributed by atoms with Crippen molar-refractivity contribution < 1.29 is 9.47 Å². The number of ether oxygens (including phenoxy) is 2. The van der Waals surface area contributed by atoms with Gasteiger partial charge in [-0.25, -0.2) is 0 Å². The fourth-order valence-electron chi connectivity index (χ4n) is 0.922. The van der Waals surface area contributed by atoms with Crippen LogP contribution in [-0.4, -0.2) is 18.7 Å². The lowest BCUT2D eigenvalue weighted by Gasteiger charge is -2.09. The average molecular weight is 168 g/mol. The van der Waals surface area contributed by atoms with Crippen LogP contribution in [0.5, 0.6) is 11.5 Å². The number of nitrogens with two attached hydrogens (primary N) is 1. The molecule has 0 amide bonds. The third-order valence-corrected chi connectivity index (χ3v) is 1.40. The van der Waals surface area contributed by atoms with Crippen LogP contribution in [0.15, 0.2) is 12.4 Å². The maximum atomic E-state index is 5.59. The lowest BCUT2D eigenvalue weighted by Crippen LogP contribution is -1.99. The van der Waals surface area contributed by atoms with E-state index in [0.29, 0.717) is 23.8 Å². The number of hydrogen-bond donors (Lipinski definition) is 1. The largest absolute Gasteiger partial charge is 0.491 e. The van der Waals surface area contributed by atoms with Crippen molar-refractivity contribution in [2.45, 2.75) is 6.92 Å². The quantitative estimate of drug-likeness (QED) is 0.733. The van der Waals surface area contributed by atoms with Crippen LogP contribution in [0.4, 0.5) is 5.69 Å². The van der Waals surface area contributed by atoms with Gasteiger partial charge in [-0.2, -0.15) is 0 Å². The summed E-state index contributed by atoms with van der Waals surface area (Å²) in [7, 11) is 1.55. The molecule has 1 aromatic rings. The van der Waals surface area contributed by atoms with Gasteiger partial charge in [0.15, 0.2) is 11.5 Å². The standard InChI is InChI=1S/C8H12N2O2/c1-3-12-7-5-10-4-6(9)8(7)11-2/h4-5H,3,9H2,1-2H3. The molecule has 12 heavy (non-hydrogen) atoms. The molecule has 0 atom stereocenters. The maximum Gasteiger partial charge on any atom is 0.187 e. The molecular formula is C8H12N2O2. The SMILES string of the molecule is CCOc1cncc(N)c1OC. The summed E-state index contributed by atoms with van der Waals surface area (Å²) in [4.78, 5) is 3.88. The Labute approximate surface area is 71.3 Å². The summed E-state index contributed by atoms with van der Waals surface area (Å²) in [5, 5.41) is 0. The van der Waals surface area contributed by atoms with E-state index in [9.17, 15) is 0 Å². The minimum Gasteiger partial charge on any atom is -0.491 e. The predicted octanol–water partition coefficient (Wildman–Crippen LogP) is 1.07. The van der Waals surface area contributed by atoms with Crippen LogP contribution in [0.2, 0.25) is 0 Å². The minimum absolute atomic E-state index is 0.489. The van der Waals surface area contributed by atoms with Crippen LogP contribution in [0.1, 0.15) is 6.92 Å². The molecule has 0 unspecified atom stereocenters. The first-order valence-electron chi connectivity index (χ1n) is 3.69. The first-order chi connectivity index (χ1) is 5.79. The summed E-state index contributed by atoms with van der Waals surface area (Å²) in [6.07, 6.45) is 3.11.